The summed E-state index contributed by atoms with van der Waals surface area (Å²) in [6.07, 6.45) is 1.57. The minimum atomic E-state index is -0.195. The molecule has 0 aromatic heterocycles. The lowest BCUT2D eigenvalue weighted by molar-refractivity contribution is 0.435. The number of benzene rings is 2. The Labute approximate surface area is 209 Å². The van der Waals surface area contributed by atoms with Gasteiger partial charge in [0.05, 0.1) is 0 Å². The highest BCUT2D eigenvalue weighted by molar-refractivity contribution is 5.85. The smallest absolute Gasteiger partial charge is 0.123 e. The van der Waals surface area contributed by atoms with E-state index in [2.05, 4.69) is 96.9 Å². The van der Waals surface area contributed by atoms with Crippen molar-refractivity contribution in [3.05, 3.63) is 44.5 Å². The number of phenols is 2. The van der Waals surface area contributed by atoms with Crippen molar-refractivity contribution in [1.29, 1.82) is 0 Å². The molecule has 0 amide bonds. The minimum absolute atomic E-state index is 0.195. The van der Waals surface area contributed by atoms with Crippen molar-refractivity contribution in [1.82, 2.24) is 0 Å². The highest BCUT2D eigenvalue weighted by atomic mass is 16.3. The van der Waals surface area contributed by atoms with E-state index in [1.807, 2.05) is 0 Å². The van der Waals surface area contributed by atoms with Crippen molar-refractivity contribution in [2.75, 3.05) is 0 Å². The van der Waals surface area contributed by atoms with Gasteiger partial charge in [-0.1, -0.05) is 83.1 Å². The highest BCUT2D eigenvalue weighted by Gasteiger charge is 2.35. The Kier molecular flexibility index (Phi) is 7.98. The first-order chi connectivity index (χ1) is 15.4. The highest BCUT2D eigenvalue weighted by Crippen LogP contribution is 2.53. The number of hydrogen-bond acceptors (Lipinski definition) is 2. The lowest BCUT2D eigenvalue weighted by Gasteiger charge is -2.36. The van der Waals surface area contributed by atoms with E-state index in [4.69, 9.17) is 0 Å². The molecule has 0 aliphatic heterocycles. The van der Waals surface area contributed by atoms with Crippen LogP contribution in [0.5, 0.6) is 11.5 Å². The van der Waals surface area contributed by atoms with Crippen LogP contribution in [0.25, 0.3) is 11.1 Å². The third kappa shape index (κ3) is 4.62. The average molecular weight is 467 g/mol. The van der Waals surface area contributed by atoms with E-state index < -0.39 is 0 Å². The first-order valence-corrected chi connectivity index (χ1v) is 13.2. The van der Waals surface area contributed by atoms with Crippen LogP contribution in [0.2, 0.25) is 0 Å². The molecular formula is C32H50O2. The Morgan fingerprint density at radius 2 is 0.853 bits per heavy atom. The monoisotopic (exact) mass is 466 g/mol. The van der Waals surface area contributed by atoms with Crippen molar-refractivity contribution in [3.63, 3.8) is 0 Å². The van der Waals surface area contributed by atoms with Crippen LogP contribution in [0.15, 0.2) is 0 Å². The van der Waals surface area contributed by atoms with Gasteiger partial charge in [0.2, 0.25) is 0 Å². The zero-order chi connectivity index (χ0) is 26.5. The second kappa shape index (κ2) is 9.59. The lowest BCUT2D eigenvalue weighted by Crippen LogP contribution is -2.21. The van der Waals surface area contributed by atoms with E-state index >= 15 is 0 Å². The average Bonchev–Trinajstić information content (AvgIpc) is 2.66. The van der Waals surface area contributed by atoms with E-state index in [9.17, 15) is 10.2 Å². The SMILES string of the molecule is CCc1c(C)c(-c2c(C)c(CC)c(O)c(C(C)(C)C)c2C(C)C)c(C(C)C)c(C(C)(C)C)c1O. The van der Waals surface area contributed by atoms with Crippen molar-refractivity contribution in [2.45, 2.75) is 132 Å². The van der Waals surface area contributed by atoms with Crippen LogP contribution in [0, 0.1) is 13.8 Å². The summed E-state index contributed by atoms with van der Waals surface area (Å²) in [5, 5.41) is 23.1. The zero-order valence-corrected chi connectivity index (χ0v) is 24.5. The molecule has 0 fully saturated rings. The number of hydrogen-bond donors (Lipinski definition) is 2. The summed E-state index contributed by atoms with van der Waals surface area (Å²) in [4.78, 5) is 0. The van der Waals surface area contributed by atoms with E-state index in [1.54, 1.807) is 0 Å². The molecule has 0 atom stereocenters. The van der Waals surface area contributed by atoms with Crippen LogP contribution in [-0.2, 0) is 23.7 Å². The van der Waals surface area contributed by atoms with Gasteiger partial charge in [-0.05, 0) is 93.9 Å². The molecular weight excluding hydrogens is 416 g/mol. The fourth-order valence-electron chi connectivity index (χ4n) is 6.05. The van der Waals surface area contributed by atoms with E-state index in [1.165, 1.54) is 33.4 Å². The minimum Gasteiger partial charge on any atom is -0.507 e. The molecule has 0 radical (unpaired) electrons. The van der Waals surface area contributed by atoms with Crippen LogP contribution in [0.3, 0.4) is 0 Å². The van der Waals surface area contributed by atoms with Gasteiger partial charge in [0.25, 0.3) is 0 Å². The van der Waals surface area contributed by atoms with Crippen LogP contribution in [0.1, 0.15) is 139 Å². The fourth-order valence-corrected chi connectivity index (χ4v) is 6.05. The van der Waals surface area contributed by atoms with Crippen molar-refractivity contribution in [2.24, 2.45) is 0 Å². The van der Waals surface area contributed by atoms with Crippen molar-refractivity contribution >= 4 is 0 Å². The molecule has 0 unspecified atom stereocenters. The maximum atomic E-state index is 11.5. The molecule has 0 saturated carbocycles. The predicted molar refractivity (Wildman–Crippen MR) is 149 cm³/mol. The third-order valence-electron chi connectivity index (χ3n) is 7.39. The third-order valence-corrected chi connectivity index (χ3v) is 7.39. The summed E-state index contributed by atoms with van der Waals surface area (Å²) in [6.45, 7) is 30.9. The van der Waals surface area contributed by atoms with Gasteiger partial charge in [0.1, 0.15) is 11.5 Å². The number of rotatable bonds is 5. The Morgan fingerprint density at radius 3 is 1.03 bits per heavy atom. The molecule has 0 aliphatic rings. The van der Waals surface area contributed by atoms with Gasteiger partial charge in [-0.3, -0.25) is 0 Å². The first-order valence-electron chi connectivity index (χ1n) is 13.2. The van der Waals surface area contributed by atoms with Gasteiger partial charge in [0.15, 0.2) is 0 Å². The van der Waals surface area contributed by atoms with Crippen LogP contribution in [0.4, 0.5) is 0 Å². The largest absolute Gasteiger partial charge is 0.507 e. The van der Waals surface area contributed by atoms with Gasteiger partial charge >= 0.3 is 0 Å². The molecule has 0 heterocycles. The molecule has 2 N–H and O–H groups in total. The molecule has 0 aliphatic carbocycles. The van der Waals surface area contributed by atoms with E-state index in [-0.39, 0.29) is 22.7 Å². The quantitative estimate of drug-likeness (QED) is 0.461. The second-order valence-electron chi connectivity index (χ2n) is 12.7. The maximum Gasteiger partial charge on any atom is 0.123 e. The maximum absolute atomic E-state index is 11.5. The van der Waals surface area contributed by atoms with Gasteiger partial charge in [-0.2, -0.15) is 0 Å². The van der Waals surface area contributed by atoms with Crippen LogP contribution >= 0.6 is 0 Å². The summed E-state index contributed by atoms with van der Waals surface area (Å²) in [5.74, 6) is 1.43. The molecule has 190 valence electrons. The molecule has 2 heteroatoms. The summed E-state index contributed by atoms with van der Waals surface area (Å²) < 4.78 is 0. The summed E-state index contributed by atoms with van der Waals surface area (Å²) in [5.41, 5.74) is 11.2. The Morgan fingerprint density at radius 1 is 0.588 bits per heavy atom. The fraction of sp³-hybridized carbons (Fsp3) is 0.625. The topological polar surface area (TPSA) is 40.5 Å². The molecule has 34 heavy (non-hydrogen) atoms. The number of aromatic hydroxyl groups is 2. The van der Waals surface area contributed by atoms with Crippen molar-refractivity contribution < 1.29 is 10.2 Å². The van der Waals surface area contributed by atoms with Crippen molar-refractivity contribution in [3.8, 4) is 22.6 Å². The van der Waals surface area contributed by atoms with Crippen LogP contribution < -0.4 is 0 Å². The Hall–Kier alpha value is -1.96. The molecule has 2 aromatic carbocycles. The standard InChI is InChI=1S/C32H50O2/c1-15-21-19(7)25(23(17(3)4)27(29(21)33)31(9,10)11)26-20(8)22(16-2)30(34)28(32(12,13)14)24(26)18(5)6/h17-18,33-34H,15-16H2,1-14H3. The summed E-state index contributed by atoms with van der Waals surface area (Å²) >= 11 is 0. The predicted octanol–water partition coefficient (Wildman–Crippen LogP) is 9.35. The normalized spacial score (nSPS) is 12.8. The van der Waals surface area contributed by atoms with E-state index in [0.29, 0.717) is 11.5 Å². The van der Waals surface area contributed by atoms with E-state index in [0.717, 1.165) is 35.1 Å². The van der Waals surface area contributed by atoms with Gasteiger partial charge in [0, 0.05) is 11.1 Å². The lowest BCUT2D eigenvalue weighted by atomic mass is 9.69. The summed E-state index contributed by atoms with van der Waals surface area (Å²) in [6, 6.07) is 0. The Balaban J connectivity index is 3.43. The summed E-state index contributed by atoms with van der Waals surface area (Å²) in [7, 11) is 0. The molecule has 0 spiro atoms. The molecule has 2 rings (SSSR count). The molecule has 0 saturated heterocycles. The Bertz CT molecular complexity index is 983. The zero-order valence-electron chi connectivity index (χ0n) is 24.5. The van der Waals surface area contributed by atoms with Gasteiger partial charge in [-0.25, -0.2) is 0 Å². The first kappa shape index (κ1) is 28.3. The second-order valence-corrected chi connectivity index (χ2v) is 12.7. The van der Waals surface area contributed by atoms with Gasteiger partial charge < -0.3 is 10.2 Å². The molecule has 0 bridgehead atoms. The number of phenolic OH excluding ortho intramolecular Hbond substituents is 2. The molecule has 2 aromatic rings. The van der Waals surface area contributed by atoms with Gasteiger partial charge in [-0.15, -0.1) is 0 Å². The molecule has 2 nitrogen and oxygen atoms in total. The van der Waals surface area contributed by atoms with Crippen LogP contribution in [-0.4, -0.2) is 10.2 Å².